The Morgan fingerprint density at radius 2 is 1.55 bits per heavy atom. The fourth-order valence-corrected chi connectivity index (χ4v) is 4.21. The predicted molar refractivity (Wildman–Crippen MR) is 115 cm³/mol. The van der Waals surface area contributed by atoms with Crippen molar-refractivity contribution in [1.82, 2.24) is 4.57 Å². The smallest absolute Gasteiger partial charge is 0.267 e. The molecule has 1 aliphatic heterocycles. The van der Waals surface area contributed by atoms with E-state index in [2.05, 4.69) is 25.7 Å². The molecular weight excluding hydrogens is 440 g/mol. The Balaban J connectivity index is 1.47. The van der Waals surface area contributed by atoms with E-state index in [1.165, 1.54) is 24.3 Å². The van der Waals surface area contributed by atoms with E-state index in [9.17, 15) is 13.6 Å². The lowest BCUT2D eigenvalue weighted by molar-refractivity contribution is 0.621. The Kier molecular flexibility index (Phi) is 5.67. The summed E-state index contributed by atoms with van der Waals surface area (Å²) in [7, 11) is 0. The van der Waals surface area contributed by atoms with Gasteiger partial charge in [-0.1, -0.05) is 12.1 Å². The molecule has 0 aliphatic carbocycles. The van der Waals surface area contributed by atoms with Gasteiger partial charge in [0.25, 0.3) is 5.56 Å². The number of anilines is 2. The zero-order chi connectivity index (χ0) is 20.4. The summed E-state index contributed by atoms with van der Waals surface area (Å²) < 4.78 is 28.6. The minimum atomic E-state index is -0.315. The molecule has 4 nitrogen and oxygen atoms in total. The van der Waals surface area contributed by atoms with E-state index < -0.39 is 0 Å². The summed E-state index contributed by atoms with van der Waals surface area (Å²) in [4.78, 5) is 17.2. The molecule has 4 rings (SSSR count). The average molecular weight is 460 g/mol. The number of benzene rings is 2. The van der Waals surface area contributed by atoms with Crippen molar-refractivity contribution < 1.29 is 8.78 Å². The summed E-state index contributed by atoms with van der Waals surface area (Å²) in [6.07, 6.45) is 1.75. The Morgan fingerprint density at radius 3 is 2.24 bits per heavy atom. The largest absolute Gasteiger partial charge is 0.368 e. The van der Waals surface area contributed by atoms with Gasteiger partial charge in [0.05, 0.1) is 12.2 Å². The second kappa shape index (κ2) is 8.37. The Morgan fingerprint density at radius 1 is 0.862 bits per heavy atom. The molecule has 2 aromatic carbocycles. The SMILES string of the molecule is O=c1c(Br)c(N2CCN(c3ccc(F)cc3)CC2)ccn1Cc1cccc(F)c1. The van der Waals surface area contributed by atoms with E-state index >= 15 is 0 Å². The summed E-state index contributed by atoms with van der Waals surface area (Å²) >= 11 is 3.46. The number of hydrogen-bond acceptors (Lipinski definition) is 3. The number of nitrogens with zero attached hydrogens (tertiary/aromatic N) is 3. The van der Waals surface area contributed by atoms with Crippen LogP contribution in [0.1, 0.15) is 5.56 Å². The highest BCUT2D eigenvalue weighted by Crippen LogP contribution is 2.25. The van der Waals surface area contributed by atoms with Crippen molar-refractivity contribution >= 4 is 27.3 Å². The van der Waals surface area contributed by atoms with Crippen LogP contribution in [0.4, 0.5) is 20.2 Å². The van der Waals surface area contributed by atoms with Gasteiger partial charge < -0.3 is 14.4 Å². The summed E-state index contributed by atoms with van der Waals surface area (Å²) in [6.45, 7) is 3.38. The highest BCUT2D eigenvalue weighted by atomic mass is 79.9. The lowest BCUT2D eigenvalue weighted by atomic mass is 10.2. The van der Waals surface area contributed by atoms with Crippen LogP contribution in [0.5, 0.6) is 0 Å². The van der Waals surface area contributed by atoms with Gasteiger partial charge in [0.15, 0.2) is 0 Å². The van der Waals surface area contributed by atoms with E-state index in [0.717, 1.165) is 43.1 Å². The molecule has 3 aromatic rings. The third-order valence-corrected chi connectivity index (χ3v) is 5.89. The molecule has 0 spiro atoms. The fraction of sp³-hybridized carbons (Fsp3) is 0.227. The van der Waals surface area contributed by atoms with Crippen molar-refractivity contribution in [3.63, 3.8) is 0 Å². The van der Waals surface area contributed by atoms with Crippen molar-refractivity contribution in [2.45, 2.75) is 6.54 Å². The Bertz CT molecular complexity index is 1060. The maximum absolute atomic E-state index is 13.4. The van der Waals surface area contributed by atoms with Crippen molar-refractivity contribution in [2.75, 3.05) is 36.0 Å². The monoisotopic (exact) mass is 459 g/mol. The van der Waals surface area contributed by atoms with E-state index in [1.807, 2.05) is 6.07 Å². The first kappa shape index (κ1) is 19.6. The number of hydrogen-bond donors (Lipinski definition) is 0. The molecule has 0 atom stereocenters. The first-order valence-corrected chi connectivity index (χ1v) is 10.2. The van der Waals surface area contributed by atoms with E-state index in [1.54, 1.807) is 35.0 Å². The van der Waals surface area contributed by atoms with Crippen LogP contribution in [0.25, 0.3) is 0 Å². The lowest BCUT2D eigenvalue weighted by Gasteiger charge is -2.37. The first-order valence-electron chi connectivity index (χ1n) is 9.40. The van der Waals surface area contributed by atoms with E-state index in [4.69, 9.17) is 0 Å². The molecule has 1 aliphatic rings. The first-order chi connectivity index (χ1) is 14.0. The molecule has 0 amide bonds. The molecule has 0 radical (unpaired) electrons. The second-order valence-corrected chi connectivity index (χ2v) is 7.82. The molecule has 0 N–H and O–H groups in total. The zero-order valence-corrected chi connectivity index (χ0v) is 17.3. The normalized spacial score (nSPS) is 14.3. The molecule has 150 valence electrons. The van der Waals surface area contributed by atoms with Crippen molar-refractivity contribution in [2.24, 2.45) is 0 Å². The lowest BCUT2D eigenvalue weighted by Crippen LogP contribution is -2.47. The van der Waals surface area contributed by atoms with Crippen LogP contribution in [0, 0.1) is 11.6 Å². The minimum Gasteiger partial charge on any atom is -0.368 e. The van der Waals surface area contributed by atoms with Crippen LogP contribution in [0.3, 0.4) is 0 Å². The summed E-state index contributed by atoms with van der Waals surface area (Å²) in [6, 6.07) is 14.7. The maximum Gasteiger partial charge on any atom is 0.267 e. The van der Waals surface area contributed by atoms with Gasteiger partial charge in [-0.3, -0.25) is 4.79 Å². The molecular formula is C22H20BrF2N3O. The molecule has 0 unspecified atom stereocenters. The highest BCUT2D eigenvalue weighted by molar-refractivity contribution is 9.10. The second-order valence-electron chi connectivity index (χ2n) is 7.03. The Labute approximate surface area is 176 Å². The Hall–Kier alpha value is -2.67. The highest BCUT2D eigenvalue weighted by Gasteiger charge is 2.21. The quantitative estimate of drug-likeness (QED) is 0.583. The number of rotatable bonds is 4. The number of halogens is 3. The van der Waals surface area contributed by atoms with Crippen LogP contribution >= 0.6 is 15.9 Å². The zero-order valence-electron chi connectivity index (χ0n) is 15.7. The van der Waals surface area contributed by atoms with Gasteiger partial charge in [-0.05, 0) is 64.0 Å². The average Bonchev–Trinajstić information content (AvgIpc) is 2.73. The number of aromatic nitrogens is 1. The fourth-order valence-electron chi connectivity index (χ4n) is 3.60. The predicted octanol–water partition coefficient (Wildman–Crippen LogP) is 4.26. The molecule has 0 saturated carbocycles. The van der Waals surface area contributed by atoms with Crippen molar-refractivity contribution in [3.8, 4) is 0 Å². The summed E-state index contributed by atoms with van der Waals surface area (Å²) in [5.41, 5.74) is 2.44. The standard InChI is InChI=1S/C22H20BrF2N3O/c23-21-20(8-9-28(22(21)29)15-16-2-1-3-18(25)14-16)27-12-10-26(11-13-27)19-6-4-17(24)5-7-19/h1-9,14H,10-13,15H2. The minimum absolute atomic E-state index is 0.146. The topological polar surface area (TPSA) is 28.5 Å². The van der Waals surface area contributed by atoms with Gasteiger partial charge in [-0.15, -0.1) is 0 Å². The molecule has 1 saturated heterocycles. The van der Waals surface area contributed by atoms with Crippen LogP contribution in [-0.2, 0) is 6.54 Å². The van der Waals surface area contributed by atoms with Gasteiger partial charge in [0.2, 0.25) is 0 Å². The van der Waals surface area contributed by atoms with Crippen LogP contribution in [0.2, 0.25) is 0 Å². The van der Waals surface area contributed by atoms with Crippen LogP contribution in [-0.4, -0.2) is 30.7 Å². The van der Waals surface area contributed by atoms with Crippen molar-refractivity contribution in [3.05, 3.63) is 92.8 Å². The summed E-state index contributed by atoms with van der Waals surface area (Å²) in [5.74, 6) is -0.555. The van der Waals surface area contributed by atoms with Gasteiger partial charge in [-0.2, -0.15) is 0 Å². The van der Waals surface area contributed by atoms with Gasteiger partial charge >= 0.3 is 0 Å². The molecule has 1 aromatic heterocycles. The van der Waals surface area contributed by atoms with E-state index in [0.29, 0.717) is 11.0 Å². The van der Waals surface area contributed by atoms with Crippen LogP contribution < -0.4 is 15.4 Å². The molecule has 0 bridgehead atoms. The number of piperazine rings is 1. The van der Waals surface area contributed by atoms with Gasteiger partial charge in [0, 0.05) is 38.1 Å². The third kappa shape index (κ3) is 4.34. The molecule has 2 heterocycles. The van der Waals surface area contributed by atoms with Crippen LogP contribution in [0.15, 0.2) is 70.1 Å². The van der Waals surface area contributed by atoms with E-state index in [-0.39, 0.29) is 17.2 Å². The molecule has 1 fully saturated rings. The molecule has 29 heavy (non-hydrogen) atoms. The van der Waals surface area contributed by atoms with Gasteiger partial charge in [0.1, 0.15) is 16.1 Å². The maximum atomic E-state index is 13.4. The van der Waals surface area contributed by atoms with Gasteiger partial charge in [-0.25, -0.2) is 8.78 Å². The summed E-state index contributed by atoms with van der Waals surface area (Å²) in [5, 5.41) is 0. The van der Waals surface area contributed by atoms with Crippen molar-refractivity contribution in [1.29, 1.82) is 0 Å². The number of pyridine rings is 1. The molecule has 7 heteroatoms. The third-order valence-electron chi connectivity index (χ3n) is 5.14.